The number of hydrogen-bond acceptors (Lipinski definition) is 1. The summed E-state index contributed by atoms with van der Waals surface area (Å²) in [7, 11) is 0. The monoisotopic (exact) mass is 251 g/mol. The van der Waals surface area contributed by atoms with Gasteiger partial charge in [-0.1, -0.05) is 40.2 Å². The van der Waals surface area contributed by atoms with E-state index in [0.29, 0.717) is 5.41 Å². The Morgan fingerprint density at radius 2 is 2.06 bits per heavy atom. The van der Waals surface area contributed by atoms with Crippen LogP contribution in [0.2, 0.25) is 0 Å². The van der Waals surface area contributed by atoms with Gasteiger partial charge in [0.2, 0.25) is 0 Å². The summed E-state index contributed by atoms with van der Waals surface area (Å²) in [6, 6.07) is 0.730. The molecule has 1 aliphatic carbocycles. The number of rotatable bonds is 7. The predicted octanol–water partition coefficient (Wildman–Crippen LogP) is 4.78. The van der Waals surface area contributed by atoms with Crippen LogP contribution in [0.1, 0.15) is 66.2 Å². The molecule has 0 aromatic carbocycles. The van der Waals surface area contributed by atoms with E-state index >= 15 is 0 Å². The van der Waals surface area contributed by atoms with Crippen LogP contribution in [0, 0.1) is 17.3 Å². The summed E-state index contributed by atoms with van der Waals surface area (Å²) in [5.41, 5.74) is 0.444. The Balaban J connectivity index is 2.65. The second kappa shape index (κ2) is 7.33. The van der Waals surface area contributed by atoms with Crippen molar-refractivity contribution in [1.29, 1.82) is 0 Å². The molecule has 0 aliphatic heterocycles. The topological polar surface area (TPSA) is 12.0 Å². The fourth-order valence-corrected chi connectivity index (χ4v) is 3.53. The second-order valence-electron chi connectivity index (χ2n) is 6.90. The van der Waals surface area contributed by atoms with Crippen molar-refractivity contribution >= 4 is 0 Å². The van der Waals surface area contributed by atoms with Crippen LogP contribution in [0.5, 0.6) is 0 Å². The van der Waals surface area contributed by atoms with Gasteiger partial charge in [0.1, 0.15) is 0 Å². The Morgan fingerprint density at radius 1 is 1.33 bits per heavy atom. The van der Waals surface area contributed by atoms with Crippen molar-refractivity contribution in [3.05, 3.63) is 12.7 Å². The molecule has 1 saturated carbocycles. The molecule has 0 heterocycles. The first-order valence-electron chi connectivity index (χ1n) is 7.85. The zero-order chi connectivity index (χ0) is 13.6. The van der Waals surface area contributed by atoms with Gasteiger partial charge in [-0.3, -0.25) is 0 Å². The first-order valence-corrected chi connectivity index (χ1v) is 7.85. The maximum Gasteiger partial charge on any atom is 0.0103 e. The van der Waals surface area contributed by atoms with E-state index in [2.05, 4.69) is 45.7 Å². The van der Waals surface area contributed by atoms with E-state index in [1.54, 1.807) is 0 Å². The van der Waals surface area contributed by atoms with Gasteiger partial charge >= 0.3 is 0 Å². The van der Waals surface area contributed by atoms with E-state index in [9.17, 15) is 0 Å². The van der Waals surface area contributed by atoms with Gasteiger partial charge in [-0.05, 0) is 55.9 Å². The summed E-state index contributed by atoms with van der Waals surface area (Å²) in [4.78, 5) is 0. The molecule has 1 heteroatoms. The fraction of sp³-hybridized carbons (Fsp3) is 0.882. The van der Waals surface area contributed by atoms with E-state index in [1.807, 2.05) is 0 Å². The zero-order valence-electron chi connectivity index (χ0n) is 13.0. The van der Waals surface area contributed by atoms with Crippen molar-refractivity contribution in [2.24, 2.45) is 17.3 Å². The minimum absolute atomic E-state index is 0.444. The van der Waals surface area contributed by atoms with E-state index in [4.69, 9.17) is 0 Å². The van der Waals surface area contributed by atoms with Gasteiger partial charge < -0.3 is 5.32 Å². The molecular formula is C17H33N. The van der Waals surface area contributed by atoms with E-state index in [0.717, 1.165) is 24.3 Å². The molecule has 3 unspecified atom stereocenters. The van der Waals surface area contributed by atoms with Crippen molar-refractivity contribution < 1.29 is 0 Å². The van der Waals surface area contributed by atoms with Gasteiger partial charge in [-0.25, -0.2) is 0 Å². The molecule has 18 heavy (non-hydrogen) atoms. The zero-order valence-corrected chi connectivity index (χ0v) is 13.0. The third-order valence-electron chi connectivity index (χ3n) is 4.77. The van der Waals surface area contributed by atoms with Gasteiger partial charge in [0, 0.05) is 6.04 Å². The summed E-state index contributed by atoms with van der Waals surface area (Å²) in [6.45, 7) is 14.6. The molecule has 1 N–H and O–H groups in total. The smallest absolute Gasteiger partial charge is 0.0103 e. The van der Waals surface area contributed by atoms with E-state index in [1.165, 1.54) is 38.6 Å². The maximum atomic E-state index is 3.87. The van der Waals surface area contributed by atoms with Crippen LogP contribution in [-0.2, 0) is 0 Å². The Morgan fingerprint density at radius 3 is 2.67 bits per heavy atom. The lowest BCUT2D eigenvalue weighted by Crippen LogP contribution is -2.47. The first kappa shape index (κ1) is 15.8. The highest BCUT2D eigenvalue weighted by atomic mass is 14.9. The van der Waals surface area contributed by atoms with Crippen LogP contribution < -0.4 is 5.32 Å². The van der Waals surface area contributed by atoms with Crippen molar-refractivity contribution in [3.63, 3.8) is 0 Å². The molecule has 0 saturated heterocycles. The van der Waals surface area contributed by atoms with Crippen LogP contribution in [0.4, 0.5) is 0 Å². The number of allylic oxidation sites excluding steroid dienone is 1. The van der Waals surface area contributed by atoms with E-state index < -0.39 is 0 Å². The van der Waals surface area contributed by atoms with E-state index in [-0.39, 0.29) is 0 Å². The number of nitrogens with one attached hydrogen (secondary N) is 1. The third-order valence-corrected chi connectivity index (χ3v) is 4.77. The Hall–Kier alpha value is -0.300. The Labute approximate surface area is 114 Å². The van der Waals surface area contributed by atoms with Crippen molar-refractivity contribution in [2.75, 3.05) is 6.54 Å². The molecule has 0 spiro atoms. The van der Waals surface area contributed by atoms with Crippen LogP contribution in [0.15, 0.2) is 12.7 Å². The molecule has 0 aromatic rings. The normalized spacial score (nSPS) is 29.2. The molecular weight excluding hydrogens is 218 g/mol. The number of hydrogen-bond donors (Lipinski definition) is 1. The summed E-state index contributed by atoms with van der Waals surface area (Å²) in [6.07, 6.45) is 9.91. The standard InChI is InChI=1S/C17H33N/c1-6-8-11-17(4,5)15-10-9-14(3)13-16(15)18-12-7-2/h6,14-16,18H,1,7-13H2,2-5H3. The lowest BCUT2D eigenvalue weighted by molar-refractivity contribution is 0.0876. The highest BCUT2D eigenvalue weighted by Crippen LogP contribution is 2.43. The summed E-state index contributed by atoms with van der Waals surface area (Å²) in [5, 5.41) is 3.81. The van der Waals surface area contributed by atoms with Crippen molar-refractivity contribution in [3.8, 4) is 0 Å². The third kappa shape index (κ3) is 4.42. The quantitative estimate of drug-likeness (QED) is 0.642. The first-order chi connectivity index (χ1) is 8.51. The van der Waals surface area contributed by atoms with Gasteiger partial charge in [-0.2, -0.15) is 0 Å². The fourth-order valence-electron chi connectivity index (χ4n) is 3.53. The molecule has 3 atom stereocenters. The molecule has 0 aromatic heterocycles. The lowest BCUT2D eigenvalue weighted by Gasteiger charge is -2.45. The summed E-state index contributed by atoms with van der Waals surface area (Å²) >= 11 is 0. The molecule has 106 valence electrons. The Bertz CT molecular complexity index is 244. The summed E-state index contributed by atoms with van der Waals surface area (Å²) < 4.78 is 0. The second-order valence-corrected chi connectivity index (χ2v) is 6.90. The molecule has 1 rings (SSSR count). The minimum atomic E-state index is 0.444. The maximum absolute atomic E-state index is 3.87. The predicted molar refractivity (Wildman–Crippen MR) is 81.8 cm³/mol. The van der Waals surface area contributed by atoms with Gasteiger partial charge in [0.05, 0.1) is 0 Å². The van der Waals surface area contributed by atoms with Crippen molar-refractivity contribution in [2.45, 2.75) is 72.3 Å². The van der Waals surface area contributed by atoms with Gasteiger partial charge in [0.15, 0.2) is 0 Å². The highest BCUT2D eigenvalue weighted by molar-refractivity contribution is 4.92. The van der Waals surface area contributed by atoms with Crippen LogP contribution in [0.25, 0.3) is 0 Å². The molecule has 1 fully saturated rings. The van der Waals surface area contributed by atoms with Crippen molar-refractivity contribution in [1.82, 2.24) is 5.32 Å². The lowest BCUT2D eigenvalue weighted by atomic mass is 9.64. The van der Waals surface area contributed by atoms with Crippen LogP contribution >= 0.6 is 0 Å². The molecule has 0 amide bonds. The van der Waals surface area contributed by atoms with Gasteiger partial charge in [-0.15, -0.1) is 6.58 Å². The average Bonchev–Trinajstić information content (AvgIpc) is 2.33. The van der Waals surface area contributed by atoms with Crippen LogP contribution in [-0.4, -0.2) is 12.6 Å². The Kier molecular flexibility index (Phi) is 6.42. The SMILES string of the molecule is C=CCCC(C)(C)C1CCC(C)CC1NCCC. The molecule has 0 bridgehead atoms. The largest absolute Gasteiger partial charge is 0.314 e. The summed E-state index contributed by atoms with van der Waals surface area (Å²) in [5.74, 6) is 1.73. The highest BCUT2D eigenvalue weighted by Gasteiger charge is 2.37. The molecule has 1 aliphatic rings. The van der Waals surface area contributed by atoms with Crippen LogP contribution in [0.3, 0.4) is 0 Å². The molecule has 1 nitrogen and oxygen atoms in total. The average molecular weight is 251 g/mol. The minimum Gasteiger partial charge on any atom is -0.314 e. The van der Waals surface area contributed by atoms with Gasteiger partial charge in [0.25, 0.3) is 0 Å². The molecule has 0 radical (unpaired) electrons.